The molecule has 0 aliphatic heterocycles. The zero-order valence-electron chi connectivity index (χ0n) is 9.69. The van der Waals surface area contributed by atoms with Crippen LogP contribution in [-0.2, 0) is 13.0 Å². The van der Waals surface area contributed by atoms with E-state index in [1.165, 1.54) is 15.3 Å². The SMILES string of the molecule is CCc1ccc(COc2ccccc2C)s1. The fraction of sp³-hybridized carbons (Fsp3) is 0.286. The third-order valence-electron chi connectivity index (χ3n) is 2.53. The van der Waals surface area contributed by atoms with Crippen LogP contribution in [0.1, 0.15) is 22.2 Å². The standard InChI is InChI=1S/C14H16OS/c1-3-12-8-9-13(16-12)10-15-14-7-5-4-6-11(14)2/h4-9H,3,10H2,1-2H3. The highest BCUT2D eigenvalue weighted by Gasteiger charge is 2.01. The van der Waals surface area contributed by atoms with Gasteiger partial charge in [-0.05, 0) is 37.1 Å². The predicted octanol–water partition coefficient (Wildman–Crippen LogP) is 4.20. The van der Waals surface area contributed by atoms with Crippen molar-refractivity contribution in [3.8, 4) is 5.75 Å². The van der Waals surface area contributed by atoms with Gasteiger partial charge >= 0.3 is 0 Å². The molecule has 0 amide bonds. The molecule has 0 aliphatic rings. The van der Waals surface area contributed by atoms with Crippen molar-refractivity contribution < 1.29 is 4.74 Å². The minimum atomic E-state index is 0.676. The molecular formula is C14H16OS. The summed E-state index contributed by atoms with van der Waals surface area (Å²) in [5.41, 5.74) is 1.19. The average Bonchev–Trinajstić information content (AvgIpc) is 2.76. The second-order valence-corrected chi connectivity index (χ2v) is 5.03. The molecule has 0 spiro atoms. The number of benzene rings is 1. The van der Waals surface area contributed by atoms with Gasteiger partial charge in [-0.15, -0.1) is 11.3 Å². The molecule has 84 valence electrons. The van der Waals surface area contributed by atoms with Gasteiger partial charge in [0.25, 0.3) is 0 Å². The van der Waals surface area contributed by atoms with E-state index in [9.17, 15) is 0 Å². The molecule has 2 heteroatoms. The number of thiophene rings is 1. The first-order valence-electron chi connectivity index (χ1n) is 5.55. The Bertz CT molecular complexity index is 459. The average molecular weight is 232 g/mol. The summed E-state index contributed by atoms with van der Waals surface area (Å²) in [5, 5.41) is 0. The van der Waals surface area contributed by atoms with Gasteiger partial charge < -0.3 is 4.74 Å². The number of aryl methyl sites for hydroxylation is 2. The molecule has 0 saturated heterocycles. The lowest BCUT2D eigenvalue weighted by atomic mass is 10.2. The lowest BCUT2D eigenvalue weighted by Gasteiger charge is -2.06. The Labute approximate surface area is 101 Å². The molecule has 16 heavy (non-hydrogen) atoms. The molecule has 1 aromatic carbocycles. The Morgan fingerprint density at radius 1 is 1.06 bits per heavy atom. The molecule has 0 bridgehead atoms. The molecule has 0 radical (unpaired) electrons. The van der Waals surface area contributed by atoms with Gasteiger partial charge in [-0.3, -0.25) is 0 Å². The van der Waals surface area contributed by atoms with Crippen LogP contribution in [0.2, 0.25) is 0 Å². The van der Waals surface area contributed by atoms with Crippen LogP contribution in [0.15, 0.2) is 36.4 Å². The zero-order chi connectivity index (χ0) is 11.4. The van der Waals surface area contributed by atoms with Gasteiger partial charge in [0.15, 0.2) is 0 Å². The predicted molar refractivity (Wildman–Crippen MR) is 69.2 cm³/mol. The zero-order valence-corrected chi connectivity index (χ0v) is 10.5. The summed E-state index contributed by atoms with van der Waals surface area (Å²) in [6, 6.07) is 12.5. The van der Waals surface area contributed by atoms with Gasteiger partial charge in [-0.2, -0.15) is 0 Å². The van der Waals surface area contributed by atoms with Crippen LogP contribution >= 0.6 is 11.3 Å². The first kappa shape index (κ1) is 11.2. The van der Waals surface area contributed by atoms with Crippen LogP contribution in [-0.4, -0.2) is 0 Å². The van der Waals surface area contributed by atoms with Gasteiger partial charge in [0.05, 0.1) is 0 Å². The third kappa shape index (κ3) is 2.64. The van der Waals surface area contributed by atoms with Crippen molar-refractivity contribution in [2.24, 2.45) is 0 Å². The number of hydrogen-bond donors (Lipinski definition) is 0. The van der Waals surface area contributed by atoms with Crippen molar-refractivity contribution in [2.45, 2.75) is 26.9 Å². The van der Waals surface area contributed by atoms with Gasteiger partial charge in [0.2, 0.25) is 0 Å². The van der Waals surface area contributed by atoms with E-state index in [2.05, 4.69) is 32.0 Å². The van der Waals surface area contributed by atoms with Crippen molar-refractivity contribution in [3.05, 3.63) is 51.7 Å². The van der Waals surface area contributed by atoms with Crippen molar-refractivity contribution >= 4 is 11.3 Å². The van der Waals surface area contributed by atoms with Crippen molar-refractivity contribution in [1.29, 1.82) is 0 Å². The molecule has 0 unspecified atom stereocenters. The lowest BCUT2D eigenvalue weighted by Crippen LogP contribution is -1.94. The fourth-order valence-electron chi connectivity index (χ4n) is 1.56. The quantitative estimate of drug-likeness (QED) is 0.767. The minimum Gasteiger partial charge on any atom is -0.488 e. The summed E-state index contributed by atoms with van der Waals surface area (Å²) in [4.78, 5) is 2.71. The van der Waals surface area contributed by atoms with E-state index in [1.54, 1.807) is 0 Å². The van der Waals surface area contributed by atoms with E-state index < -0.39 is 0 Å². The Morgan fingerprint density at radius 3 is 2.50 bits per heavy atom. The van der Waals surface area contributed by atoms with Crippen LogP contribution < -0.4 is 4.74 Å². The Balaban J connectivity index is 1.99. The van der Waals surface area contributed by atoms with Crippen molar-refractivity contribution in [2.75, 3.05) is 0 Å². The van der Waals surface area contributed by atoms with Gasteiger partial charge in [0, 0.05) is 9.75 Å². The first-order valence-corrected chi connectivity index (χ1v) is 6.37. The summed E-state index contributed by atoms with van der Waals surface area (Å²) in [7, 11) is 0. The molecular weight excluding hydrogens is 216 g/mol. The van der Waals surface area contributed by atoms with E-state index >= 15 is 0 Å². The number of para-hydroxylation sites is 1. The second kappa shape index (κ2) is 5.17. The summed E-state index contributed by atoms with van der Waals surface area (Å²) < 4.78 is 5.79. The van der Waals surface area contributed by atoms with Crippen LogP contribution in [0.3, 0.4) is 0 Å². The van der Waals surface area contributed by atoms with Gasteiger partial charge in [-0.1, -0.05) is 25.1 Å². The monoisotopic (exact) mass is 232 g/mol. The van der Waals surface area contributed by atoms with Crippen LogP contribution in [0.5, 0.6) is 5.75 Å². The molecule has 2 aromatic rings. The fourth-order valence-corrected chi connectivity index (χ4v) is 2.43. The normalized spacial score (nSPS) is 10.4. The summed E-state index contributed by atoms with van der Waals surface area (Å²) >= 11 is 1.83. The molecule has 0 aliphatic carbocycles. The van der Waals surface area contributed by atoms with E-state index in [1.807, 2.05) is 29.5 Å². The Kier molecular flexibility index (Phi) is 3.62. The molecule has 1 aromatic heterocycles. The minimum absolute atomic E-state index is 0.676. The maximum Gasteiger partial charge on any atom is 0.122 e. The van der Waals surface area contributed by atoms with E-state index in [0.717, 1.165) is 12.2 Å². The summed E-state index contributed by atoms with van der Waals surface area (Å²) in [6.45, 7) is 4.93. The van der Waals surface area contributed by atoms with Crippen molar-refractivity contribution in [3.63, 3.8) is 0 Å². The molecule has 2 rings (SSSR count). The highest BCUT2D eigenvalue weighted by atomic mass is 32.1. The highest BCUT2D eigenvalue weighted by molar-refractivity contribution is 7.11. The maximum atomic E-state index is 5.79. The summed E-state index contributed by atoms with van der Waals surface area (Å²) in [5.74, 6) is 0.981. The number of ether oxygens (including phenoxy) is 1. The molecule has 1 heterocycles. The number of hydrogen-bond acceptors (Lipinski definition) is 2. The topological polar surface area (TPSA) is 9.23 Å². The van der Waals surface area contributed by atoms with Crippen LogP contribution in [0.25, 0.3) is 0 Å². The summed E-state index contributed by atoms with van der Waals surface area (Å²) in [6.07, 6.45) is 1.11. The van der Waals surface area contributed by atoms with Crippen molar-refractivity contribution in [1.82, 2.24) is 0 Å². The second-order valence-electron chi connectivity index (χ2n) is 3.78. The molecule has 0 saturated carbocycles. The molecule has 0 atom stereocenters. The largest absolute Gasteiger partial charge is 0.488 e. The third-order valence-corrected chi connectivity index (χ3v) is 3.73. The molecule has 0 N–H and O–H groups in total. The maximum absolute atomic E-state index is 5.79. The highest BCUT2D eigenvalue weighted by Crippen LogP contribution is 2.21. The lowest BCUT2D eigenvalue weighted by molar-refractivity contribution is 0.307. The van der Waals surface area contributed by atoms with Gasteiger partial charge in [0.1, 0.15) is 12.4 Å². The molecule has 1 nitrogen and oxygen atoms in total. The van der Waals surface area contributed by atoms with Crippen LogP contribution in [0, 0.1) is 6.92 Å². The Morgan fingerprint density at radius 2 is 1.81 bits per heavy atom. The van der Waals surface area contributed by atoms with Gasteiger partial charge in [-0.25, -0.2) is 0 Å². The van der Waals surface area contributed by atoms with Crippen LogP contribution in [0.4, 0.5) is 0 Å². The van der Waals surface area contributed by atoms with E-state index in [0.29, 0.717) is 6.61 Å². The smallest absolute Gasteiger partial charge is 0.122 e. The molecule has 0 fully saturated rings. The first-order chi connectivity index (χ1) is 7.79. The van der Waals surface area contributed by atoms with E-state index in [4.69, 9.17) is 4.74 Å². The number of rotatable bonds is 4. The Hall–Kier alpha value is -1.28. The van der Waals surface area contributed by atoms with E-state index in [-0.39, 0.29) is 0 Å².